The molecule has 0 amide bonds. The lowest BCUT2D eigenvalue weighted by molar-refractivity contribution is 0.914. The number of aryl methyl sites for hydroxylation is 2. The van der Waals surface area contributed by atoms with Crippen molar-refractivity contribution in [2.24, 2.45) is 7.05 Å². The van der Waals surface area contributed by atoms with Gasteiger partial charge in [-0.05, 0) is 37.2 Å². The minimum absolute atomic E-state index is 0.783. The Hall–Kier alpha value is -1.79. The SMILES string of the molecule is Cc1nc(N2CCc3ccccc32)c2sc(=S)n(C)c2n1. The molecule has 1 aliphatic heterocycles. The van der Waals surface area contributed by atoms with Gasteiger partial charge in [-0.25, -0.2) is 9.97 Å². The molecule has 0 saturated heterocycles. The molecule has 6 heteroatoms. The molecule has 4 rings (SSSR count). The van der Waals surface area contributed by atoms with Crippen LogP contribution >= 0.6 is 23.6 Å². The molecule has 0 bridgehead atoms. The third-order valence-electron chi connectivity index (χ3n) is 3.87. The minimum Gasteiger partial charge on any atom is -0.324 e. The molecule has 2 aromatic heterocycles. The fourth-order valence-electron chi connectivity index (χ4n) is 2.84. The summed E-state index contributed by atoms with van der Waals surface area (Å²) in [5.74, 6) is 1.77. The summed E-state index contributed by atoms with van der Waals surface area (Å²) in [7, 11) is 1.97. The molecule has 1 aromatic carbocycles. The Morgan fingerprint density at radius 1 is 1.24 bits per heavy atom. The number of thiazole rings is 1. The first-order valence-electron chi connectivity index (χ1n) is 6.85. The third kappa shape index (κ3) is 1.90. The van der Waals surface area contributed by atoms with Crippen LogP contribution < -0.4 is 4.90 Å². The summed E-state index contributed by atoms with van der Waals surface area (Å²) in [6.07, 6.45) is 1.05. The molecular weight excluding hydrogens is 300 g/mol. The van der Waals surface area contributed by atoms with Gasteiger partial charge in [0, 0.05) is 19.3 Å². The molecule has 0 unspecified atom stereocenters. The quantitative estimate of drug-likeness (QED) is 0.640. The average Bonchev–Trinajstić information content (AvgIpc) is 3.02. The van der Waals surface area contributed by atoms with Crippen LogP contribution in [0.2, 0.25) is 0 Å². The van der Waals surface area contributed by atoms with Crippen molar-refractivity contribution in [2.45, 2.75) is 13.3 Å². The molecule has 0 aliphatic carbocycles. The first-order chi connectivity index (χ1) is 10.1. The van der Waals surface area contributed by atoms with Gasteiger partial charge in [-0.3, -0.25) is 0 Å². The Balaban J connectivity index is 2.00. The van der Waals surface area contributed by atoms with Gasteiger partial charge >= 0.3 is 0 Å². The van der Waals surface area contributed by atoms with E-state index >= 15 is 0 Å². The van der Waals surface area contributed by atoms with Crippen LogP contribution in [0.25, 0.3) is 10.3 Å². The van der Waals surface area contributed by atoms with Crippen molar-refractivity contribution in [1.29, 1.82) is 0 Å². The summed E-state index contributed by atoms with van der Waals surface area (Å²) in [5, 5.41) is 0. The van der Waals surface area contributed by atoms with E-state index in [1.165, 1.54) is 11.3 Å². The van der Waals surface area contributed by atoms with Crippen molar-refractivity contribution in [2.75, 3.05) is 11.4 Å². The highest BCUT2D eigenvalue weighted by Crippen LogP contribution is 2.38. The molecule has 0 spiro atoms. The highest BCUT2D eigenvalue weighted by atomic mass is 32.1. The predicted molar refractivity (Wildman–Crippen MR) is 89.1 cm³/mol. The number of nitrogens with zero attached hydrogens (tertiary/aromatic N) is 4. The van der Waals surface area contributed by atoms with Crippen molar-refractivity contribution in [3.05, 3.63) is 39.6 Å². The van der Waals surface area contributed by atoms with E-state index in [-0.39, 0.29) is 0 Å². The van der Waals surface area contributed by atoms with E-state index in [0.717, 1.165) is 38.9 Å². The molecule has 3 heterocycles. The highest BCUT2D eigenvalue weighted by molar-refractivity contribution is 7.73. The Bertz CT molecular complexity index is 910. The van der Waals surface area contributed by atoms with Crippen molar-refractivity contribution < 1.29 is 0 Å². The monoisotopic (exact) mass is 314 g/mol. The summed E-state index contributed by atoms with van der Waals surface area (Å²) >= 11 is 6.99. The second kappa shape index (κ2) is 4.61. The maximum absolute atomic E-state index is 5.40. The lowest BCUT2D eigenvalue weighted by Gasteiger charge is -2.19. The Morgan fingerprint density at radius 3 is 2.90 bits per heavy atom. The zero-order chi connectivity index (χ0) is 14.6. The highest BCUT2D eigenvalue weighted by Gasteiger charge is 2.24. The molecule has 0 N–H and O–H groups in total. The molecule has 0 radical (unpaired) electrons. The van der Waals surface area contributed by atoms with E-state index in [0.29, 0.717) is 0 Å². The second-order valence-electron chi connectivity index (χ2n) is 5.20. The van der Waals surface area contributed by atoms with Crippen LogP contribution in [-0.2, 0) is 13.5 Å². The van der Waals surface area contributed by atoms with Crippen molar-refractivity contribution in [3.63, 3.8) is 0 Å². The normalized spacial score (nSPS) is 13.9. The molecule has 4 nitrogen and oxygen atoms in total. The minimum atomic E-state index is 0.783. The van der Waals surface area contributed by atoms with Crippen molar-refractivity contribution in [1.82, 2.24) is 14.5 Å². The topological polar surface area (TPSA) is 34.0 Å². The largest absolute Gasteiger partial charge is 0.324 e. The number of rotatable bonds is 1. The van der Waals surface area contributed by atoms with Gasteiger partial charge in [0.1, 0.15) is 10.5 Å². The lowest BCUT2D eigenvalue weighted by atomic mass is 10.2. The second-order valence-corrected chi connectivity index (χ2v) is 6.85. The summed E-state index contributed by atoms with van der Waals surface area (Å²) in [4.78, 5) is 11.5. The van der Waals surface area contributed by atoms with Crippen LogP contribution in [0.3, 0.4) is 0 Å². The van der Waals surface area contributed by atoms with Crippen molar-refractivity contribution >= 4 is 45.4 Å². The van der Waals surface area contributed by atoms with Gasteiger partial charge < -0.3 is 9.47 Å². The van der Waals surface area contributed by atoms with E-state index in [9.17, 15) is 0 Å². The van der Waals surface area contributed by atoms with E-state index < -0.39 is 0 Å². The van der Waals surface area contributed by atoms with Crippen molar-refractivity contribution in [3.8, 4) is 0 Å². The molecule has 0 fully saturated rings. The fraction of sp³-hybridized carbons (Fsp3) is 0.267. The van der Waals surface area contributed by atoms with Gasteiger partial charge in [-0.1, -0.05) is 29.5 Å². The summed E-state index contributed by atoms with van der Waals surface area (Å²) in [6.45, 7) is 2.89. The molecular formula is C15H14N4S2. The Labute approximate surface area is 131 Å². The van der Waals surface area contributed by atoms with Gasteiger partial charge in [0.05, 0.1) is 0 Å². The van der Waals surface area contributed by atoms with Crippen LogP contribution in [-0.4, -0.2) is 21.1 Å². The zero-order valence-electron chi connectivity index (χ0n) is 11.8. The summed E-state index contributed by atoms with van der Waals surface area (Å²) in [6, 6.07) is 8.52. The molecule has 0 atom stereocenters. The number of fused-ring (bicyclic) bond motifs is 2. The molecule has 3 aromatic rings. The number of hydrogen-bond acceptors (Lipinski definition) is 5. The fourth-order valence-corrected chi connectivity index (χ4v) is 4.09. The standard InChI is InChI=1S/C15H14N4S2/c1-9-16-13-12(21-15(20)18(13)2)14(17-9)19-8-7-10-5-3-4-6-11(10)19/h3-6H,7-8H2,1-2H3. The molecule has 106 valence electrons. The first kappa shape index (κ1) is 12.9. The molecule has 21 heavy (non-hydrogen) atoms. The van der Waals surface area contributed by atoms with Gasteiger partial charge in [0.25, 0.3) is 0 Å². The smallest absolute Gasteiger partial charge is 0.163 e. The third-order valence-corrected chi connectivity index (χ3v) is 5.41. The van der Waals surface area contributed by atoms with Crippen LogP contribution in [0, 0.1) is 10.9 Å². The number of para-hydroxylation sites is 1. The maximum Gasteiger partial charge on any atom is 0.163 e. The number of aromatic nitrogens is 3. The van der Waals surface area contributed by atoms with E-state index in [1.807, 2.05) is 18.5 Å². The first-order valence-corrected chi connectivity index (χ1v) is 8.07. The Kier molecular flexibility index (Phi) is 2.83. The van der Waals surface area contributed by atoms with Gasteiger partial charge in [-0.2, -0.15) is 0 Å². The number of anilines is 2. The van der Waals surface area contributed by atoms with E-state index in [2.05, 4.69) is 34.1 Å². The number of hydrogen-bond donors (Lipinski definition) is 0. The van der Waals surface area contributed by atoms with Gasteiger partial charge in [0.15, 0.2) is 15.4 Å². The van der Waals surface area contributed by atoms with Crippen LogP contribution in [0.4, 0.5) is 11.5 Å². The number of benzene rings is 1. The van der Waals surface area contributed by atoms with Crippen LogP contribution in [0.15, 0.2) is 24.3 Å². The molecule has 1 aliphatic rings. The summed E-state index contributed by atoms with van der Waals surface area (Å²) in [5.41, 5.74) is 3.55. The molecule has 0 saturated carbocycles. The summed E-state index contributed by atoms with van der Waals surface area (Å²) < 4.78 is 3.87. The van der Waals surface area contributed by atoms with Gasteiger partial charge in [-0.15, -0.1) is 0 Å². The van der Waals surface area contributed by atoms with E-state index in [1.54, 1.807) is 11.3 Å². The van der Waals surface area contributed by atoms with Crippen LogP contribution in [0.5, 0.6) is 0 Å². The lowest BCUT2D eigenvalue weighted by Crippen LogP contribution is -2.16. The van der Waals surface area contributed by atoms with Crippen LogP contribution in [0.1, 0.15) is 11.4 Å². The Morgan fingerprint density at radius 2 is 2.05 bits per heavy atom. The maximum atomic E-state index is 5.40. The predicted octanol–water partition coefficient (Wildman–Crippen LogP) is 3.76. The van der Waals surface area contributed by atoms with Gasteiger partial charge in [0.2, 0.25) is 0 Å². The van der Waals surface area contributed by atoms with E-state index in [4.69, 9.17) is 17.2 Å². The average molecular weight is 314 g/mol. The zero-order valence-corrected chi connectivity index (χ0v) is 13.5.